The van der Waals surface area contributed by atoms with Crippen molar-refractivity contribution >= 4 is 5.91 Å². The second-order valence-electron chi connectivity index (χ2n) is 5.15. The van der Waals surface area contributed by atoms with Gasteiger partial charge in [-0.15, -0.1) is 0 Å². The first-order chi connectivity index (χ1) is 6.28. The number of likely N-dealkylation sites (N-methyl/N-ethyl adjacent to an activating group) is 1. The Labute approximate surface area is 87.6 Å². The molecular weight excluding hydrogens is 176 g/mol. The lowest BCUT2D eigenvalue weighted by Crippen LogP contribution is -2.44. The van der Waals surface area contributed by atoms with Crippen LogP contribution in [0.15, 0.2) is 0 Å². The predicted octanol–water partition coefficient (Wildman–Crippen LogP) is 1.62. The summed E-state index contributed by atoms with van der Waals surface area (Å²) in [5.41, 5.74) is 5.89. The van der Waals surface area contributed by atoms with E-state index in [-0.39, 0.29) is 17.4 Å². The van der Waals surface area contributed by atoms with Gasteiger partial charge < -0.3 is 10.6 Å². The lowest BCUT2D eigenvalue weighted by atomic mass is 9.96. The Kier molecular flexibility index (Phi) is 5.13. The zero-order chi connectivity index (χ0) is 11.4. The Morgan fingerprint density at radius 1 is 1.43 bits per heavy atom. The number of amides is 1. The Morgan fingerprint density at radius 3 is 2.29 bits per heavy atom. The molecule has 0 spiro atoms. The molecule has 0 aliphatic carbocycles. The van der Waals surface area contributed by atoms with Crippen LogP contribution >= 0.6 is 0 Å². The molecule has 3 nitrogen and oxygen atoms in total. The van der Waals surface area contributed by atoms with Gasteiger partial charge in [0.15, 0.2) is 0 Å². The first-order valence-corrected chi connectivity index (χ1v) is 5.28. The van der Waals surface area contributed by atoms with Crippen LogP contribution in [0.1, 0.15) is 40.5 Å². The summed E-state index contributed by atoms with van der Waals surface area (Å²) in [6, 6.07) is -0.327. The van der Waals surface area contributed by atoms with E-state index in [2.05, 4.69) is 20.8 Å². The minimum atomic E-state index is -0.327. The van der Waals surface area contributed by atoms with Gasteiger partial charge in [0.2, 0.25) is 5.91 Å². The van der Waals surface area contributed by atoms with Gasteiger partial charge in [0.1, 0.15) is 0 Å². The first-order valence-electron chi connectivity index (χ1n) is 5.28. The number of hydrogen-bond acceptors (Lipinski definition) is 2. The number of rotatable bonds is 4. The summed E-state index contributed by atoms with van der Waals surface area (Å²) >= 11 is 0. The Hall–Kier alpha value is -0.570. The number of nitrogens with two attached hydrogens (primary N) is 1. The van der Waals surface area contributed by atoms with Crippen molar-refractivity contribution in [3.05, 3.63) is 0 Å². The summed E-state index contributed by atoms with van der Waals surface area (Å²) in [4.78, 5) is 13.4. The second kappa shape index (κ2) is 5.35. The fourth-order valence-electron chi connectivity index (χ4n) is 1.51. The fourth-order valence-corrected chi connectivity index (χ4v) is 1.51. The van der Waals surface area contributed by atoms with E-state index in [9.17, 15) is 4.79 Å². The summed E-state index contributed by atoms with van der Waals surface area (Å²) in [5, 5.41) is 0. The second-order valence-corrected chi connectivity index (χ2v) is 5.15. The van der Waals surface area contributed by atoms with Gasteiger partial charge in [-0.05, 0) is 11.8 Å². The van der Waals surface area contributed by atoms with Crippen LogP contribution in [0.5, 0.6) is 0 Å². The van der Waals surface area contributed by atoms with Crippen molar-refractivity contribution in [2.45, 2.75) is 46.6 Å². The largest absolute Gasteiger partial charge is 0.344 e. The van der Waals surface area contributed by atoms with E-state index in [4.69, 9.17) is 5.73 Å². The minimum Gasteiger partial charge on any atom is -0.344 e. The smallest absolute Gasteiger partial charge is 0.239 e. The third-order valence-electron chi connectivity index (χ3n) is 2.00. The molecule has 0 rings (SSSR count). The molecule has 14 heavy (non-hydrogen) atoms. The topological polar surface area (TPSA) is 46.3 Å². The van der Waals surface area contributed by atoms with E-state index in [0.717, 1.165) is 19.4 Å². The van der Waals surface area contributed by atoms with Crippen molar-refractivity contribution in [1.29, 1.82) is 0 Å². The van der Waals surface area contributed by atoms with Crippen molar-refractivity contribution in [2.75, 3.05) is 13.6 Å². The van der Waals surface area contributed by atoms with Crippen molar-refractivity contribution in [1.82, 2.24) is 4.90 Å². The molecule has 1 amide bonds. The van der Waals surface area contributed by atoms with E-state index in [0.29, 0.717) is 0 Å². The molecule has 0 bridgehead atoms. The highest BCUT2D eigenvalue weighted by molar-refractivity contribution is 5.81. The highest BCUT2D eigenvalue weighted by atomic mass is 16.2. The van der Waals surface area contributed by atoms with E-state index in [1.165, 1.54) is 0 Å². The van der Waals surface area contributed by atoms with Crippen LogP contribution in [0.4, 0.5) is 0 Å². The third kappa shape index (κ3) is 5.22. The van der Waals surface area contributed by atoms with E-state index >= 15 is 0 Å². The molecule has 0 heterocycles. The van der Waals surface area contributed by atoms with Crippen LogP contribution in [0, 0.1) is 5.41 Å². The molecule has 0 saturated heterocycles. The van der Waals surface area contributed by atoms with Gasteiger partial charge in [-0.1, -0.05) is 34.1 Å². The minimum absolute atomic E-state index is 0.0572. The molecule has 0 aromatic rings. The first kappa shape index (κ1) is 13.4. The van der Waals surface area contributed by atoms with Crippen LogP contribution in [-0.4, -0.2) is 30.4 Å². The molecule has 0 aromatic carbocycles. The van der Waals surface area contributed by atoms with Crippen molar-refractivity contribution in [2.24, 2.45) is 11.1 Å². The van der Waals surface area contributed by atoms with Crippen molar-refractivity contribution < 1.29 is 4.79 Å². The monoisotopic (exact) mass is 200 g/mol. The number of nitrogens with zero attached hydrogens (tertiary/aromatic N) is 1. The van der Waals surface area contributed by atoms with Gasteiger partial charge in [0.25, 0.3) is 0 Å². The molecule has 84 valence electrons. The quantitative estimate of drug-likeness (QED) is 0.749. The van der Waals surface area contributed by atoms with Gasteiger partial charge in [0.05, 0.1) is 6.04 Å². The van der Waals surface area contributed by atoms with Gasteiger partial charge >= 0.3 is 0 Å². The van der Waals surface area contributed by atoms with Crippen LogP contribution in [-0.2, 0) is 4.79 Å². The molecule has 0 aromatic heterocycles. The normalized spacial score (nSPS) is 13.9. The average molecular weight is 200 g/mol. The van der Waals surface area contributed by atoms with Gasteiger partial charge in [-0.3, -0.25) is 4.79 Å². The lowest BCUT2D eigenvalue weighted by molar-refractivity contribution is -0.132. The number of carbonyl (C=O) groups excluding carboxylic acids is 1. The summed E-state index contributed by atoms with van der Waals surface area (Å²) in [6.07, 6.45) is 1.73. The molecule has 0 fully saturated rings. The van der Waals surface area contributed by atoms with Gasteiger partial charge in [0, 0.05) is 13.6 Å². The summed E-state index contributed by atoms with van der Waals surface area (Å²) in [6.45, 7) is 9.13. The van der Waals surface area contributed by atoms with E-state index in [1.807, 2.05) is 14.0 Å². The maximum atomic E-state index is 11.7. The Bertz CT molecular complexity index is 184. The highest BCUT2D eigenvalue weighted by Crippen LogP contribution is 2.14. The van der Waals surface area contributed by atoms with Crippen LogP contribution < -0.4 is 5.73 Å². The molecule has 3 heteroatoms. The van der Waals surface area contributed by atoms with Crippen LogP contribution in [0.3, 0.4) is 0 Å². The molecule has 2 N–H and O–H groups in total. The Morgan fingerprint density at radius 2 is 1.93 bits per heavy atom. The SMILES string of the molecule is CCC[C@H](N)C(=O)N(C)CC(C)(C)C. The maximum Gasteiger partial charge on any atom is 0.239 e. The van der Waals surface area contributed by atoms with E-state index in [1.54, 1.807) is 4.90 Å². The van der Waals surface area contributed by atoms with Crippen molar-refractivity contribution in [3.8, 4) is 0 Å². The summed E-state index contributed by atoms with van der Waals surface area (Å²) in [7, 11) is 1.82. The third-order valence-corrected chi connectivity index (χ3v) is 2.00. The lowest BCUT2D eigenvalue weighted by Gasteiger charge is -2.28. The number of hydrogen-bond donors (Lipinski definition) is 1. The molecule has 1 atom stereocenters. The Balaban J connectivity index is 4.12. The fraction of sp³-hybridized carbons (Fsp3) is 0.909. The summed E-state index contributed by atoms with van der Waals surface area (Å²) in [5.74, 6) is 0.0572. The van der Waals surface area contributed by atoms with E-state index < -0.39 is 0 Å². The molecule has 0 aliphatic rings. The molecule has 0 unspecified atom stereocenters. The zero-order valence-electron chi connectivity index (χ0n) is 10.1. The van der Waals surface area contributed by atoms with Gasteiger partial charge in [-0.2, -0.15) is 0 Å². The molecule has 0 radical (unpaired) electrons. The van der Waals surface area contributed by atoms with Crippen LogP contribution in [0.25, 0.3) is 0 Å². The zero-order valence-corrected chi connectivity index (χ0v) is 10.1. The number of carbonyl (C=O) groups is 1. The van der Waals surface area contributed by atoms with Crippen molar-refractivity contribution in [3.63, 3.8) is 0 Å². The molecule has 0 saturated carbocycles. The average Bonchev–Trinajstić information content (AvgIpc) is 2.00. The maximum absolute atomic E-state index is 11.7. The van der Waals surface area contributed by atoms with Gasteiger partial charge in [-0.25, -0.2) is 0 Å². The van der Waals surface area contributed by atoms with Crippen LogP contribution in [0.2, 0.25) is 0 Å². The summed E-state index contributed by atoms with van der Waals surface area (Å²) < 4.78 is 0. The molecular formula is C11H24N2O. The molecule has 0 aliphatic heterocycles. The predicted molar refractivity (Wildman–Crippen MR) is 60.0 cm³/mol. The standard InChI is InChI=1S/C11H24N2O/c1-6-7-9(12)10(14)13(5)8-11(2,3)4/h9H,6-8,12H2,1-5H3/t9-/m0/s1. The highest BCUT2D eigenvalue weighted by Gasteiger charge is 2.21.